The van der Waals surface area contributed by atoms with Crippen molar-refractivity contribution >= 4 is 0 Å². The van der Waals surface area contributed by atoms with Gasteiger partial charge in [0.15, 0.2) is 0 Å². The molecule has 0 fully saturated rings. The van der Waals surface area contributed by atoms with E-state index in [-0.39, 0.29) is 11.9 Å². The van der Waals surface area contributed by atoms with Gasteiger partial charge in [-0.15, -0.1) is 0 Å². The third-order valence-electron chi connectivity index (χ3n) is 3.35. The largest absolute Gasteiger partial charge is 0.311 e. The molecule has 2 nitrogen and oxygen atoms in total. The monoisotopic (exact) mass is 258 g/mol. The van der Waals surface area contributed by atoms with E-state index in [1.165, 1.54) is 6.07 Å². The smallest absolute Gasteiger partial charge is 0.123 e. The average molecular weight is 258 g/mol. The summed E-state index contributed by atoms with van der Waals surface area (Å²) in [7, 11) is 1.91. The van der Waals surface area contributed by atoms with Crippen LogP contribution in [0.4, 0.5) is 4.39 Å². The maximum absolute atomic E-state index is 13.3. The number of rotatable bonds is 4. The Bertz CT molecular complexity index is 566. The van der Waals surface area contributed by atoms with Gasteiger partial charge >= 0.3 is 0 Å². The van der Waals surface area contributed by atoms with Gasteiger partial charge in [-0.1, -0.05) is 12.1 Å². The first-order chi connectivity index (χ1) is 9.10. The number of benzene rings is 1. The van der Waals surface area contributed by atoms with Crippen LogP contribution in [0.1, 0.15) is 28.6 Å². The Morgan fingerprint density at radius 2 is 2.00 bits per heavy atom. The van der Waals surface area contributed by atoms with E-state index in [1.807, 2.05) is 45.2 Å². The van der Waals surface area contributed by atoms with E-state index >= 15 is 0 Å². The number of aromatic nitrogens is 1. The molecule has 0 aliphatic rings. The molecule has 1 atom stereocenters. The van der Waals surface area contributed by atoms with Gasteiger partial charge in [-0.25, -0.2) is 4.39 Å². The molecule has 0 amide bonds. The van der Waals surface area contributed by atoms with Crippen molar-refractivity contribution in [3.05, 3.63) is 64.7 Å². The van der Waals surface area contributed by atoms with Crippen LogP contribution in [-0.2, 0) is 6.42 Å². The molecule has 2 aromatic rings. The zero-order valence-corrected chi connectivity index (χ0v) is 11.6. The summed E-state index contributed by atoms with van der Waals surface area (Å²) in [5.41, 5.74) is 4.11. The van der Waals surface area contributed by atoms with E-state index in [2.05, 4.69) is 10.3 Å². The maximum atomic E-state index is 13.3. The van der Waals surface area contributed by atoms with Crippen molar-refractivity contribution in [3.8, 4) is 0 Å². The zero-order valence-electron chi connectivity index (χ0n) is 11.6. The Balaban J connectivity index is 2.26. The molecule has 1 aromatic heterocycles. The third-order valence-corrected chi connectivity index (χ3v) is 3.35. The lowest BCUT2D eigenvalue weighted by atomic mass is 9.98. The van der Waals surface area contributed by atoms with E-state index < -0.39 is 0 Å². The van der Waals surface area contributed by atoms with Gasteiger partial charge in [0, 0.05) is 5.69 Å². The normalized spacial score (nSPS) is 12.4. The molecular weight excluding hydrogens is 239 g/mol. The maximum Gasteiger partial charge on any atom is 0.123 e. The SMILES string of the molecule is CNC(Cc1cc(F)ccc1C)c1cccc(C)n1. The van der Waals surface area contributed by atoms with Gasteiger partial charge in [-0.05, 0) is 62.7 Å². The third kappa shape index (κ3) is 3.38. The van der Waals surface area contributed by atoms with Crippen LogP contribution in [0.5, 0.6) is 0 Å². The van der Waals surface area contributed by atoms with E-state index in [1.54, 1.807) is 6.07 Å². The number of nitrogens with one attached hydrogen (secondary N) is 1. The van der Waals surface area contributed by atoms with Crippen LogP contribution >= 0.6 is 0 Å². The molecule has 0 radical (unpaired) electrons. The van der Waals surface area contributed by atoms with E-state index in [9.17, 15) is 4.39 Å². The lowest BCUT2D eigenvalue weighted by Crippen LogP contribution is -2.20. The summed E-state index contributed by atoms with van der Waals surface area (Å²) >= 11 is 0. The van der Waals surface area contributed by atoms with Crippen molar-refractivity contribution in [3.63, 3.8) is 0 Å². The lowest BCUT2D eigenvalue weighted by molar-refractivity contribution is 0.567. The first kappa shape index (κ1) is 13.7. The molecule has 3 heteroatoms. The first-order valence-electron chi connectivity index (χ1n) is 6.46. The summed E-state index contributed by atoms with van der Waals surface area (Å²) in [6, 6.07) is 11.0. The Morgan fingerprint density at radius 3 is 2.68 bits per heavy atom. The number of pyridine rings is 1. The second-order valence-corrected chi connectivity index (χ2v) is 4.82. The molecular formula is C16H19FN2. The Morgan fingerprint density at radius 1 is 1.21 bits per heavy atom. The summed E-state index contributed by atoms with van der Waals surface area (Å²) in [6.45, 7) is 3.98. The Labute approximate surface area is 113 Å². The molecule has 1 unspecified atom stereocenters. The molecule has 1 heterocycles. The van der Waals surface area contributed by atoms with Gasteiger partial charge < -0.3 is 5.32 Å². The molecule has 0 aliphatic carbocycles. The predicted molar refractivity (Wildman–Crippen MR) is 75.6 cm³/mol. The number of hydrogen-bond acceptors (Lipinski definition) is 2. The van der Waals surface area contributed by atoms with E-state index in [4.69, 9.17) is 0 Å². The number of halogens is 1. The van der Waals surface area contributed by atoms with E-state index in [0.29, 0.717) is 0 Å². The lowest BCUT2D eigenvalue weighted by Gasteiger charge is -2.17. The fraction of sp³-hybridized carbons (Fsp3) is 0.312. The summed E-state index contributed by atoms with van der Waals surface area (Å²) in [6.07, 6.45) is 0.733. The summed E-state index contributed by atoms with van der Waals surface area (Å²) in [5, 5.41) is 3.26. The van der Waals surface area contributed by atoms with Crippen LogP contribution in [0.15, 0.2) is 36.4 Å². The highest BCUT2D eigenvalue weighted by molar-refractivity contribution is 5.28. The highest BCUT2D eigenvalue weighted by Gasteiger charge is 2.13. The summed E-state index contributed by atoms with van der Waals surface area (Å²) < 4.78 is 13.3. The minimum atomic E-state index is -0.187. The molecule has 1 aromatic carbocycles. The minimum absolute atomic E-state index is 0.0976. The van der Waals surface area contributed by atoms with Gasteiger partial charge in [0.05, 0.1) is 11.7 Å². The van der Waals surface area contributed by atoms with Crippen LogP contribution in [0.2, 0.25) is 0 Å². The number of aryl methyl sites for hydroxylation is 2. The van der Waals surface area contributed by atoms with E-state index in [0.717, 1.165) is 28.9 Å². The molecule has 1 N–H and O–H groups in total. The molecule has 0 saturated heterocycles. The van der Waals surface area contributed by atoms with Crippen molar-refractivity contribution in [2.75, 3.05) is 7.05 Å². The van der Waals surface area contributed by atoms with Gasteiger partial charge in [-0.2, -0.15) is 0 Å². The predicted octanol–water partition coefficient (Wildman–Crippen LogP) is 3.34. The average Bonchev–Trinajstić information content (AvgIpc) is 2.39. The standard InChI is InChI=1S/C16H19FN2/c1-11-7-8-14(17)9-13(11)10-16(18-3)15-6-4-5-12(2)19-15/h4-9,16,18H,10H2,1-3H3. The molecule has 19 heavy (non-hydrogen) atoms. The van der Waals surface area contributed by atoms with Crippen molar-refractivity contribution in [2.45, 2.75) is 26.3 Å². The van der Waals surface area contributed by atoms with Gasteiger partial charge in [0.2, 0.25) is 0 Å². The van der Waals surface area contributed by atoms with Crippen LogP contribution in [-0.4, -0.2) is 12.0 Å². The molecule has 0 bridgehead atoms. The van der Waals surface area contributed by atoms with Gasteiger partial charge in [-0.3, -0.25) is 4.98 Å². The number of hydrogen-bond donors (Lipinski definition) is 1. The van der Waals surface area contributed by atoms with Crippen LogP contribution in [0, 0.1) is 19.7 Å². The number of likely N-dealkylation sites (N-methyl/N-ethyl adjacent to an activating group) is 1. The molecule has 2 rings (SSSR count). The zero-order chi connectivity index (χ0) is 13.8. The molecule has 0 spiro atoms. The second kappa shape index (κ2) is 5.93. The first-order valence-corrected chi connectivity index (χ1v) is 6.46. The molecule has 0 saturated carbocycles. The quantitative estimate of drug-likeness (QED) is 0.909. The molecule has 100 valence electrons. The highest BCUT2D eigenvalue weighted by Crippen LogP contribution is 2.20. The minimum Gasteiger partial charge on any atom is -0.311 e. The second-order valence-electron chi connectivity index (χ2n) is 4.82. The van der Waals surface area contributed by atoms with Gasteiger partial charge in [0.25, 0.3) is 0 Å². The molecule has 0 aliphatic heterocycles. The van der Waals surface area contributed by atoms with Crippen molar-refractivity contribution in [1.29, 1.82) is 0 Å². The Kier molecular flexibility index (Phi) is 4.27. The fourth-order valence-electron chi connectivity index (χ4n) is 2.19. The van der Waals surface area contributed by atoms with Crippen molar-refractivity contribution in [2.24, 2.45) is 0 Å². The summed E-state index contributed by atoms with van der Waals surface area (Å²) in [5.74, 6) is -0.187. The Hall–Kier alpha value is -1.74. The van der Waals surface area contributed by atoms with Crippen molar-refractivity contribution in [1.82, 2.24) is 10.3 Å². The number of nitrogens with zero attached hydrogens (tertiary/aromatic N) is 1. The topological polar surface area (TPSA) is 24.9 Å². The highest BCUT2D eigenvalue weighted by atomic mass is 19.1. The summed E-state index contributed by atoms with van der Waals surface area (Å²) in [4.78, 5) is 4.54. The fourth-order valence-corrected chi connectivity index (χ4v) is 2.19. The van der Waals surface area contributed by atoms with Crippen LogP contribution in [0.3, 0.4) is 0 Å². The van der Waals surface area contributed by atoms with Crippen LogP contribution < -0.4 is 5.32 Å². The van der Waals surface area contributed by atoms with Crippen LogP contribution in [0.25, 0.3) is 0 Å². The van der Waals surface area contributed by atoms with Crippen molar-refractivity contribution < 1.29 is 4.39 Å². The van der Waals surface area contributed by atoms with Gasteiger partial charge in [0.1, 0.15) is 5.82 Å².